The van der Waals surface area contributed by atoms with Crippen LogP contribution in [0.5, 0.6) is 0 Å². The first-order valence-electron chi connectivity index (χ1n) is 5.43. The number of ketones is 1. The molecule has 0 amide bonds. The number of nitrogens with one attached hydrogen (secondary N) is 1. The van der Waals surface area contributed by atoms with E-state index in [4.69, 9.17) is 15.7 Å². The lowest BCUT2D eigenvalue weighted by Crippen LogP contribution is -2.43. The maximum absolute atomic E-state index is 10.9. The molecule has 1 rings (SSSR count). The normalized spacial score (nSPS) is 26.5. The third-order valence-electron chi connectivity index (χ3n) is 2.90. The summed E-state index contributed by atoms with van der Waals surface area (Å²) in [7, 11) is 12.6. The highest BCUT2D eigenvalue weighted by atomic mass is 16.1. The van der Waals surface area contributed by atoms with E-state index in [0.29, 0.717) is 18.6 Å². The summed E-state index contributed by atoms with van der Waals surface area (Å²) in [5, 5.41) is 3.11. The van der Waals surface area contributed by atoms with Crippen LogP contribution in [0.4, 0.5) is 0 Å². The third-order valence-corrected chi connectivity index (χ3v) is 2.90. The lowest BCUT2D eigenvalue weighted by atomic mass is 9.66. The van der Waals surface area contributed by atoms with Crippen LogP contribution in [0.3, 0.4) is 0 Å². The van der Waals surface area contributed by atoms with Gasteiger partial charge in [-0.2, -0.15) is 0 Å². The molecule has 15 heavy (non-hydrogen) atoms. The van der Waals surface area contributed by atoms with Crippen LogP contribution in [0.1, 0.15) is 32.6 Å². The summed E-state index contributed by atoms with van der Waals surface area (Å²) in [6, 6.07) is 0.807. The number of carbonyl (C=O) groups excluding carboxylic acids is 1. The molecular weight excluding hydrogens is 185 g/mol. The number of hydrogen-bond acceptors (Lipinski definition) is 3. The van der Waals surface area contributed by atoms with Crippen molar-refractivity contribution >= 4 is 28.8 Å². The molecule has 6 heteroatoms. The van der Waals surface area contributed by atoms with E-state index in [-0.39, 0.29) is 5.78 Å². The lowest BCUT2D eigenvalue weighted by Gasteiger charge is -2.35. The molecule has 0 atom stereocenters. The zero-order valence-corrected chi connectivity index (χ0v) is 9.28. The summed E-state index contributed by atoms with van der Waals surface area (Å²) >= 11 is 0. The fourth-order valence-electron chi connectivity index (χ4n) is 2.10. The Kier molecular flexibility index (Phi) is 5.47. The highest BCUT2D eigenvalue weighted by Gasteiger charge is 2.23. The molecule has 77 valence electrons. The Hall–Kier alpha value is -0.215. The predicted molar refractivity (Wildman–Crippen MR) is 63.8 cm³/mol. The molecular formula is C9H16B3N2O. The van der Waals surface area contributed by atoms with Gasteiger partial charge in [0.05, 0.1) is 0 Å². The number of carbonyl (C=O) groups is 1. The van der Waals surface area contributed by atoms with Gasteiger partial charge in [-0.25, -0.2) is 0 Å². The van der Waals surface area contributed by atoms with E-state index in [1.807, 2.05) is 0 Å². The van der Waals surface area contributed by atoms with Crippen molar-refractivity contribution in [2.24, 2.45) is 0 Å². The van der Waals surface area contributed by atoms with E-state index in [0.717, 1.165) is 25.7 Å². The summed E-state index contributed by atoms with van der Waals surface area (Å²) in [4.78, 5) is 12.6. The zero-order valence-electron chi connectivity index (χ0n) is 9.28. The molecule has 1 N–H and O–H groups in total. The largest absolute Gasteiger partial charge is 0.367 e. The van der Waals surface area contributed by atoms with Crippen LogP contribution in [-0.2, 0) is 4.79 Å². The Morgan fingerprint density at radius 1 is 1.47 bits per heavy atom. The summed E-state index contributed by atoms with van der Waals surface area (Å²) in [6.07, 6.45) is 4.17. The van der Waals surface area contributed by atoms with Crippen LogP contribution in [0.25, 0.3) is 0 Å². The SMILES string of the molecule is [B][B]NC1CCC(N([B])CC(C)=O)CC1. The molecule has 5 radical (unpaired) electrons. The third kappa shape index (κ3) is 4.43. The van der Waals surface area contributed by atoms with Crippen LogP contribution < -0.4 is 5.23 Å². The quantitative estimate of drug-likeness (QED) is 0.611. The van der Waals surface area contributed by atoms with Gasteiger partial charge in [-0.3, -0.25) is 4.79 Å². The Balaban J connectivity index is 2.27. The molecule has 0 aromatic carbocycles. The van der Waals surface area contributed by atoms with Crippen LogP contribution in [0, 0.1) is 0 Å². The van der Waals surface area contributed by atoms with Crippen molar-refractivity contribution < 1.29 is 4.79 Å². The second-order valence-electron chi connectivity index (χ2n) is 4.21. The van der Waals surface area contributed by atoms with Gasteiger partial charge in [0.2, 0.25) is 0 Å². The smallest absolute Gasteiger partial charge is 0.183 e. The van der Waals surface area contributed by atoms with Crippen LogP contribution >= 0.6 is 0 Å². The van der Waals surface area contributed by atoms with Gasteiger partial charge in [-0.15, -0.1) is 0 Å². The Labute approximate surface area is 95.4 Å². The number of rotatable bonds is 5. The second kappa shape index (κ2) is 6.39. The molecule has 3 nitrogen and oxygen atoms in total. The minimum absolute atomic E-state index is 0.119. The van der Waals surface area contributed by atoms with E-state index in [1.54, 1.807) is 11.7 Å². The van der Waals surface area contributed by atoms with Crippen molar-refractivity contribution in [2.75, 3.05) is 6.54 Å². The summed E-state index contributed by atoms with van der Waals surface area (Å²) in [6.45, 7) is 1.92. The summed E-state index contributed by atoms with van der Waals surface area (Å²) in [5.41, 5.74) is 0. The van der Waals surface area contributed by atoms with Gasteiger partial charge < -0.3 is 10.0 Å². The fourth-order valence-corrected chi connectivity index (χ4v) is 2.10. The second-order valence-corrected chi connectivity index (χ2v) is 4.21. The van der Waals surface area contributed by atoms with Crippen molar-refractivity contribution in [3.8, 4) is 0 Å². The van der Waals surface area contributed by atoms with Crippen LogP contribution in [-0.4, -0.2) is 52.2 Å². The average molecular weight is 201 g/mol. The van der Waals surface area contributed by atoms with E-state index in [9.17, 15) is 4.79 Å². The van der Waals surface area contributed by atoms with Crippen molar-refractivity contribution in [3.63, 3.8) is 0 Å². The minimum atomic E-state index is 0.119. The van der Waals surface area contributed by atoms with Gasteiger partial charge in [0.25, 0.3) is 0 Å². The Morgan fingerprint density at radius 2 is 2.07 bits per heavy atom. The van der Waals surface area contributed by atoms with E-state index >= 15 is 0 Å². The molecule has 0 spiro atoms. The maximum atomic E-state index is 10.9. The molecule has 0 aromatic heterocycles. The van der Waals surface area contributed by atoms with Crippen molar-refractivity contribution in [1.82, 2.24) is 10.0 Å². The fraction of sp³-hybridized carbons (Fsp3) is 0.889. The molecule has 0 unspecified atom stereocenters. The van der Waals surface area contributed by atoms with Gasteiger partial charge in [0, 0.05) is 14.3 Å². The zero-order chi connectivity index (χ0) is 11.3. The van der Waals surface area contributed by atoms with Gasteiger partial charge in [-0.1, -0.05) is 0 Å². The van der Waals surface area contributed by atoms with Gasteiger partial charge in [0.15, 0.2) is 7.98 Å². The molecule has 0 heterocycles. The van der Waals surface area contributed by atoms with E-state index in [2.05, 4.69) is 5.23 Å². The first-order chi connectivity index (χ1) is 7.13. The van der Waals surface area contributed by atoms with Crippen LogP contribution in [0.15, 0.2) is 0 Å². The Bertz CT molecular complexity index is 208. The monoisotopic (exact) mass is 201 g/mol. The van der Waals surface area contributed by atoms with Crippen LogP contribution in [0.2, 0.25) is 0 Å². The van der Waals surface area contributed by atoms with E-state index in [1.165, 1.54) is 7.31 Å². The molecule has 1 aliphatic carbocycles. The molecule has 0 bridgehead atoms. The first kappa shape index (κ1) is 12.9. The van der Waals surface area contributed by atoms with Crippen molar-refractivity contribution in [3.05, 3.63) is 0 Å². The Morgan fingerprint density at radius 3 is 2.53 bits per heavy atom. The van der Waals surface area contributed by atoms with Gasteiger partial charge in [0.1, 0.15) is 13.1 Å². The first-order valence-corrected chi connectivity index (χ1v) is 5.43. The van der Waals surface area contributed by atoms with Crippen molar-refractivity contribution in [1.29, 1.82) is 0 Å². The molecule has 0 saturated heterocycles. The highest BCUT2D eigenvalue weighted by molar-refractivity contribution is 6.87. The number of nitrogens with zero attached hydrogens (tertiary/aromatic N) is 1. The molecule has 0 aliphatic heterocycles. The minimum Gasteiger partial charge on any atom is -0.367 e. The molecule has 1 aliphatic rings. The maximum Gasteiger partial charge on any atom is 0.183 e. The van der Waals surface area contributed by atoms with E-state index < -0.39 is 0 Å². The predicted octanol–water partition coefficient (Wildman–Crippen LogP) is -0.436. The molecule has 1 fully saturated rings. The highest BCUT2D eigenvalue weighted by Crippen LogP contribution is 2.21. The standard InChI is InChI=1S/C9H16B3N2O/c1-7(15)6-14(11)9-4-2-8(3-5-9)13-12-10/h8-9,13H,2-6H2,1H3. The lowest BCUT2D eigenvalue weighted by molar-refractivity contribution is -0.117. The summed E-state index contributed by atoms with van der Waals surface area (Å²) in [5.74, 6) is 0.119. The van der Waals surface area contributed by atoms with Gasteiger partial charge in [-0.05, 0) is 44.7 Å². The number of Topliss-reactive ketones (excluding diaryl/α,β-unsaturated/α-hetero) is 1. The molecule has 0 aromatic rings. The summed E-state index contributed by atoms with van der Waals surface area (Å²) < 4.78 is 0. The number of hydrogen-bond donors (Lipinski definition) is 1. The molecule has 1 saturated carbocycles. The van der Waals surface area contributed by atoms with Gasteiger partial charge >= 0.3 is 0 Å². The topological polar surface area (TPSA) is 32.3 Å². The average Bonchev–Trinajstić information content (AvgIpc) is 2.18. The van der Waals surface area contributed by atoms with Crippen molar-refractivity contribution in [2.45, 2.75) is 44.7 Å².